The van der Waals surface area contributed by atoms with Crippen LogP contribution in [0.15, 0.2) is 12.5 Å². The van der Waals surface area contributed by atoms with Crippen molar-refractivity contribution in [2.45, 2.75) is 44.7 Å². The second-order valence-corrected chi connectivity index (χ2v) is 6.09. The van der Waals surface area contributed by atoms with Crippen LogP contribution in [0.5, 0.6) is 0 Å². The number of imidazole rings is 1. The zero-order valence-corrected chi connectivity index (χ0v) is 11.0. The normalized spacial score (nSPS) is 33.8. The summed E-state index contributed by atoms with van der Waals surface area (Å²) in [4.78, 5) is 4.22. The summed E-state index contributed by atoms with van der Waals surface area (Å²) in [6, 6.07) is 0.143. The molecule has 100 valence electrons. The first-order valence-electron chi connectivity index (χ1n) is 7.09. The highest BCUT2D eigenvalue weighted by molar-refractivity contribution is 5.07. The van der Waals surface area contributed by atoms with Gasteiger partial charge in [-0.3, -0.25) is 0 Å². The molecule has 0 aromatic carbocycles. The standard InChI is InChI=1S/C14H23N3O/c1-9(12-5-10-2-3-11(12)4-10)17-8-16-6-14(17)13(15)7-18/h6,8-13,18H,2-5,7,15H2,1H3. The Morgan fingerprint density at radius 3 is 2.94 bits per heavy atom. The lowest BCUT2D eigenvalue weighted by molar-refractivity contribution is 0.227. The van der Waals surface area contributed by atoms with E-state index in [0.29, 0.717) is 6.04 Å². The van der Waals surface area contributed by atoms with Gasteiger partial charge in [0.2, 0.25) is 0 Å². The Hall–Kier alpha value is -0.870. The third-order valence-electron chi connectivity index (χ3n) is 5.12. The Morgan fingerprint density at radius 1 is 1.50 bits per heavy atom. The van der Waals surface area contributed by atoms with Crippen molar-refractivity contribution < 1.29 is 5.11 Å². The van der Waals surface area contributed by atoms with Crippen LogP contribution in [0.4, 0.5) is 0 Å². The Kier molecular flexibility index (Phi) is 3.16. The number of hydrogen-bond acceptors (Lipinski definition) is 3. The van der Waals surface area contributed by atoms with Gasteiger partial charge < -0.3 is 15.4 Å². The van der Waals surface area contributed by atoms with E-state index in [2.05, 4.69) is 16.5 Å². The van der Waals surface area contributed by atoms with Gasteiger partial charge in [-0.25, -0.2) is 4.98 Å². The van der Waals surface area contributed by atoms with Gasteiger partial charge in [-0.05, 0) is 43.9 Å². The van der Waals surface area contributed by atoms with Gasteiger partial charge in [0.15, 0.2) is 0 Å². The molecule has 2 bridgehead atoms. The van der Waals surface area contributed by atoms with Crippen molar-refractivity contribution >= 4 is 0 Å². The molecule has 0 amide bonds. The van der Waals surface area contributed by atoms with Crippen LogP contribution in [0.1, 0.15) is 50.4 Å². The van der Waals surface area contributed by atoms with E-state index in [9.17, 15) is 5.11 Å². The highest BCUT2D eigenvalue weighted by Crippen LogP contribution is 2.52. The lowest BCUT2D eigenvalue weighted by Crippen LogP contribution is -2.26. The molecular weight excluding hydrogens is 226 g/mol. The van der Waals surface area contributed by atoms with Crippen LogP contribution >= 0.6 is 0 Å². The van der Waals surface area contributed by atoms with E-state index < -0.39 is 0 Å². The molecule has 0 saturated heterocycles. The summed E-state index contributed by atoms with van der Waals surface area (Å²) in [6.07, 6.45) is 9.28. The van der Waals surface area contributed by atoms with E-state index in [1.807, 2.05) is 6.33 Å². The van der Waals surface area contributed by atoms with E-state index in [-0.39, 0.29) is 12.6 Å². The molecule has 0 spiro atoms. The summed E-state index contributed by atoms with van der Waals surface area (Å²) in [5.74, 6) is 2.62. The molecule has 5 unspecified atom stereocenters. The van der Waals surface area contributed by atoms with Crippen LogP contribution in [-0.4, -0.2) is 21.3 Å². The monoisotopic (exact) mass is 249 g/mol. The first-order chi connectivity index (χ1) is 8.70. The van der Waals surface area contributed by atoms with E-state index in [4.69, 9.17) is 5.73 Å². The number of aromatic nitrogens is 2. The molecular formula is C14H23N3O. The summed E-state index contributed by atoms with van der Waals surface area (Å²) >= 11 is 0. The molecule has 2 aliphatic carbocycles. The van der Waals surface area contributed by atoms with E-state index >= 15 is 0 Å². The lowest BCUT2D eigenvalue weighted by atomic mass is 9.83. The molecule has 1 heterocycles. The molecule has 2 saturated carbocycles. The van der Waals surface area contributed by atoms with Crippen molar-refractivity contribution in [2.75, 3.05) is 6.61 Å². The number of nitrogens with two attached hydrogens (primary N) is 1. The maximum Gasteiger partial charge on any atom is 0.0951 e. The average Bonchev–Trinajstić information content (AvgIpc) is 3.11. The molecule has 0 radical (unpaired) electrons. The largest absolute Gasteiger partial charge is 0.394 e. The summed E-state index contributed by atoms with van der Waals surface area (Å²) in [7, 11) is 0. The molecule has 18 heavy (non-hydrogen) atoms. The fourth-order valence-electron chi connectivity index (χ4n) is 4.13. The van der Waals surface area contributed by atoms with Gasteiger partial charge in [-0.15, -0.1) is 0 Å². The van der Waals surface area contributed by atoms with Crippen molar-refractivity contribution in [2.24, 2.45) is 23.5 Å². The second kappa shape index (κ2) is 4.67. The minimum Gasteiger partial charge on any atom is -0.394 e. The third-order valence-corrected chi connectivity index (χ3v) is 5.12. The predicted octanol–water partition coefficient (Wildman–Crippen LogP) is 1.87. The first kappa shape index (κ1) is 12.2. The van der Waals surface area contributed by atoms with Crippen LogP contribution < -0.4 is 5.73 Å². The minimum absolute atomic E-state index is 0.0187. The summed E-state index contributed by atoms with van der Waals surface area (Å²) in [6.45, 7) is 2.26. The van der Waals surface area contributed by atoms with Gasteiger partial charge in [-0.1, -0.05) is 6.42 Å². The maximum atomic E-state index is 9.22. The lowest BCUT2D eigenvalue weighted by Gasteiger charge is -2.30. The molecule has 1 aromatic heterocycles. The van der Waals surface area contributed by atoms with Crippen LogP contribution in [0.25, 0.3) is 0 Å². The molecule has 2 fully saturated rings. The number of fused-ring (bicyclic) bond motifs is 2. The topological polar surface area (TPSA) is 64.1 Å². The van der Waals surface area contributed by atoms with Crippen LogP contribution in [0.2, 0.25) is 0 Å². The van der Waals surface area contributed by atoms with Crippen LogP contribution in [0.3, 0.4) is 0 Å². The molecule has 3 N–H and O–H groups in total. The third kappa shape index (κ3) is 1.88. The van der Waals surface area contributed by atoms with E-state index in [1.54, 1.807) is 6.20 Å². The minimum atomic E-state index is -0.312. The van der Waals surface area contributed by atoms with E-state index in [1.165, 1.54) is 25.7 Å². The van der Waals surface area contributed by atoms with Gasteiger partial charge in [0.1, 0.15) is 0 Å². The van der Waals surface area contributed by atoms with Crippen molar-refractivity contribution in [1.82, 2.24) is 9.55 Å². The zero-order chi connectivity index (χ0) is 12.7. The summed E-state index contributed by atoms with van der Waals surface area (Å²) in [5, 5.41) is 9.22. The molecule has 5 atom stereocenters. The molecule has 4 nitrogen and oxygen atoms in total. The second-order valence-electron chi connectivity index (χ2n) is 6.09. The van der Waals surface area contributed by atoms with Gasteiger partial charge in [0.05, 0.1) is 24.7 Å². The zero-order valence-electron chi connectivity index (χ0n) is 11.0. The number of rotatable bonds is 4. The Balaban J connectivity index is 1.80. The predicted molar refractivity (Wildman–Crippen MR) is 69.9 cm³/mol. The van der Waals surface area contributed by atoms with Gasteiger partial charge in [-0.2, -0.15) is 0 Å². The van der Waals surface area contributed by atoms with Gasteiger partial charge >= 0.3 is 0 Å². The Morgan fingerprint density at radius 2 is 2.33 bits per heavy atom. The quantitative estimate of drug-likeness (QED) is 0.856. The van der Waals surface area contributed by atoms with Crippen molar-refractivity contribution in [1.29, 1.82) is 0 Å². The van der Waals surface area contributed by atoms with Crippen molar-refractivity contribution in [3.8, 4) is 0 Å². The van der Waals surface area contributed by atoms with E-state index in [0.717, 1.165) is 23.4 Å². The fraction of sp³-hybridized carbons (Fsp3) is 0.786. The summed E-state index contributed by atoms with van der Waals surface area (Å²) in [5.41, 5.74) is 6.91. The molecule has 4 heteroatoms. The van der Waals surface area contributed by atoms with Crippen molar-refractivity contribution in [3.63, 3.8) is 0 Å². The molecule has 2 aliphatic rings. The van der Waals surface area contributed by atoms with Crippen LogP contribution in [-0.2, 0) is 0 Å². The molecule has 3 rings (SSSR count). The maximum absolute atomic E-state index is 9.22. The van der Waals surface area contributed by atoms with Gasteiger partial charge in [0, 0.05) is 12.2 Å². The molecule has 0 aliphatic heterocycles. The van der Waals surface area contributed by atoms with Crippen LogP contribution in [0, 0.1) is 17.8 Å². The Bertz CT molecular complexity index is 417. The highest BCUT2D eigenvalue weighted by atomic mass is 16.3. The summed E-state index contributed by atoms with van der Waals surface area (Å²) < 4.78 is 2.19. The molecule has 1 aromatic rings. The number of nitrogens with zero attached hydrogens (tertiary/aromatic N) is 2. The first-order valence-corrected chi connectivity index (χ1v) is 7.09. The number of aliphatic hydroxyl groups excluding tert-OH is 1. The van der Waals surface area contributed by atoms with Gasteiger partial charge in [0.25, 0.3) is 0 Å². The fourth-order valence-corrected chi connectivity index (χ4v) is 4.13. The smallest absolute Gasteiger partial charge is 0.0951 e. The van der Waals surface area contributed by atoms with Crippen molar-refractivity contribution in [3.05, 3.63) is 18.2 Å². The average molecular weight is 249 g/mol. The number of hydrogen-bond donors (Lipinski definition) is 2. The number of aliphatic hydroxyl groups is 1. The highest BCUT2D eigenvalue weighted by Gasteiger charge is 2.42. The Labute approximate surface area is 108 Å². The SMILES string of the molecule is CC(C1CC2CCC1C2)n1cncc1C(N)CO.